The number of hydrogen-bond acceptors (Lipinski definition) is 2. The van der Waals surface area contributed by atoms with Crippen LogP contribution in [0.4, 0.5) is 0 Å². The minimum absolute atomic E-state index is 0.259. The average Bonchev–Trinajstić information content (AvgIpc) is 2.83. The van der Waals surface area contributed by atoms with Crippen molar-refractivity contribution in [2.75, 3.05) is 0 Å². The Hall–Kier alpha value is -2.39. The van der Waals surface area contributed by atoms with Gasteiger partial charge in [-0.1, -0.05) is 36.4 Å². The highest BCUT2D eigenvalue weighted by Gasteiger charge is 2.11. The van der Waals surface area contributed by atoms with Crippen molar-refractivity contribution in [3.8, 4) is 5.69 Å². The van der Waals surface area contributed by atoms with Gasteiger partial charge in [0, 0.05) is 10.8 Å². The van der Waals surface area contributed by atoms with Crippen molar-refractivity contribution in [3.05, 3.63) is 66.2 Å². The van der Waals surface area contributed by atoms with Gasteiger partial charge in [0.05, 0.1) is 29.1 Å². The second kappa shape index (κ2) is 4.32. The van der Waals surface area contributed by atoms with Gasteiger partial charge in [0.15, 0.2) is 0 Å². The Bertz CT molecular complexity index is 857. The lowest BCUT2D eigenvalue weighted by molar-refractivity contribution is 1.08. The summed E-state index contributed by atoms with van der Waals surface area (Å²) in [6, 6.07) is 16.6. The minimum Gasteiger partial charge on any atom is -0.306 e. The van der Waals surface area contributed by atoms with E-state index in [4.69, 9.17) is 11.6 Å². The number of para-hydroxylation sites is 2. The SMILES string of the molecule is Clc1ncc(-n2c3ccccc3c3ccccc32)cn1. The van der Waals surface area contributed by atoms with Gasteiger partial charge in [0.2, 0.25) is 5.28 Å². The zero-order chi connectivity index (χ0) is 13.5. The van der Waals surface area contributed by atoms with Crippen molar-refractivity contribution in [1.82, 2.24) is 14.5 Å². The summed E-state index contributed by atoms with van der Waals surface area (Å²) >= 11 is 5.78. The molecule has 3 nitrogen and oxygen atoms in total. The van der Waals surface area contributed by atoms with Crippen LogP contribution >= 0.6 is 11.6 Å². The summed E-state index contributed by atoms with van der Waals surface area (Å²) in [5.41, 5.74) is 3.19. The molecule has 2 aromatic carbocycles. The van der Waals surface area contributed by atoms with Gasteiger partial charge in [-0.3, -0.25) is 0 Å². The van der Waals surface area contributed by atoms with Crippen LogP contribution < -0.4 is 0 Å². The van der Waals surface area contributed by atoms with Crippen LogP contribution in [0.2, 0.25) is 5.28 Å². The molecule has 2 heterocycles. The highest BCUT2D eigenvalue weighted by atomic mass is 35.5. The van der Waals surface area contributed by atoms with Crippen molar-refractivity contribution in [2.24, 2.45) is 0 Å². The van der Waals surface area contributed by atoms with Crippen LogP contribution in [0.3, 0.4) is 0 Å². The predicted molar refractivity (Wildman–Crippen MR) is 81.4 cm³/mol. The van der Waals surface area contributed by atoms with Crippen LogP contribution in [-0.2, 0) is 0 Å². The molecule has 0 atom stereocenters. The van der Waals surface area contributed by atoms with Gasteiger partial charge in [-0.2, -0.15) is 0 Å². The summed E-state index contributed by atoms with van der Waals surface area (Å²) < 4.78 is 2.15. The van der Waals surface area contributed by atoms with Crippen LogP contribution in [0.1, 0.15) is 0 Å². The first-order chi connectivity index (χ1) is 9.84. The normalized spacial score (nSPS) is 11.2. The number of fused-ring (bicyclic) bond motifs is 3. The van der Waals surface area contributed by atoms with Crippen LogP contribution in [0, 0.1) is 0 Å². The molecule has 4 aromatic rings. The molecule has 4 rings (SSSR count). The first-order valence-corrected chi connectivity index (χ1v) is 6.68. The molecular weight excluding hydrogens is 270 g/mol. The molecule has 2 aromatic heterocycles. The zero-order valence-corrected chi connectivity index (χ0v) is 11.2. The van der Waals surface area contributed by atoms with E-state index < -0.39 is 0 Å². The van der Waals surface area contributed by atoms with E-state index in [1.54, 1.807) is 12.4 Å². The third kappa shape index (κ3) is 1.60. The third-order valence-electron chi connectivity index (χ3n) is 3.44. The second-order valence-corrected chi connectivity index (χ2v) is 4.92. The lowest BCUT2D eigenvalue weighted by Crippen LogP contribution is -1.95. The number of aromatic nitrogens is 3. The molecule has 0 saturated heterocycles. The van der Waals surface area contributed by atoms with Crippen molar-refractivity contribution in [3.63, 3.8) is 0 Å². The fourth-order valence-corrected chi connectivity index (χ4v) is 2.72. The molecule has 0 unspecified atom stereocenters. The molecule has 0 radical (unpaired) electrons. The lowest BCUT2D eigenvalue weighted by Gasteiger charge is -2.06. The predicted octanol–water partition coefficient (Wildman–Crippen LogP) is 4.23. The molecule has 0 spiro atoms. The summed E-state index contributed by atoms with van der Waals surface area (Å²) in [5, 5.41) is 2.70. The third-order valence-corrected chi connectivity index (χ3v) is 3.64. The van der Waals surface area contributed by atoms with Crippen LogP contribution in [0.15, 0.2) is 60.9 Å². The zero-order valence-electron chi connectivity index (χ0n) is 10.5. The van der Waals surface area contributed by atoms with Crippen molar-refractivity contribution < 1.29 is 0 Å². The van der Waals surface area contributed by atoms with Crippen LogP contribution in [-0.4, -0.2) is 14.5 Å². The Morgan fingerprint density at radius 2 is 1.25 bits per heavy atom. The van der Waals surface area contributed by atoms with Crippen LogP contribution in [0.5, 0.6) is 0 Å². The van der Waals surface area contributed by atoms with Gasteiger partial charge in [-0.15, -0.1) is 0 Å². The van der Waals surface area contributed by atoms with Crippen LogP contribution in [0.25, 0.3) is 27.5 Å². The Balaban J connectivity index is 2.17. The van der Waals surface area contributed by atoms with E-state index in [1.807, 2.05) is 12.1 Å². The molecular formula is C16H10ClN3. The fourth-order valence-electron chi connectivity index (χ4n) is 2.62. The number of hydrogen-bond donors (Lipinski definition) is 0. The summed E-state index contributed by atoms with van der Waals surface area (Å²) in [7, 11) is 0. The lowest BCUT2D eigenvalue weighted by atomic mass is 10.2. The highest BCUT2D eigenvalue weighted by molar-refractivity contribution is 6.28. The molecule has 0 aliphatic heterocycles. The van der Waals surface area contributed by atoms with Gasteiger partial charge in [-0.25, -0.2) is 9.97 Å². The summed E-state index contributed by atoms with van der Waals surface area (Å²) in [4.78, 5) is 8.16. The van der Waals surface area contributed by atoms with E-state index in [9.17, 15) is 0 Å². The maximum absolute atomic E-state index is 5.78. The first kappa shape index (κ1) is 11.4. The van der Waals surface area contributed by atoms with Crippen molar-refractivity contribution in [1.29, 1.82) is 0 Å². The van der Waals surface area contributed by atoms with Gasteiger partial charge >= 0.3 is 0 Å². The number of nitrogens with zero attached hydrogens (tertiary/aromatic N) is 3. The summed E-state index contributed by atoms with van der Waals surface area (Å²) in [6.45, 7) is 0. The average molecular weight is 280 g/mol. The molecule has 0 N–H and O–H groups in total. The van der Waals surface area contributed by atoms with E-state index in [0.29, 0.717) is 0 Å². The second-order valence-electron chi connectivity index (χ2n) is 4.58. The molecule has 0 bridgehead atoms. The largest absolute Gasteiger partial charge is 0.306 e. The molecule has 0 amide bonds. The highest BCUT2D eigenvalue weighted by Crippen LogP contribution is 2.31. The number of rotatable bonds is 1. The molecule has 96 valence electrons. The molecule has 0 aliphatic rings. The van der Waals surface area contributed by atoms with Crippen molar-refractivity contribution >= 4 is 33.4 Å². The van der Waals surface area contributed by atoms with E-state index in [-0.39, 0.29) is 5.28 Å². The molecule has 0 aliphatic carbocycles. The monoisotopic (exact) mass is 279 g/mol. The Morgan fingerprint density at radius 3 is 1.80 bits per heavy atom. The molecule has 4 heteroatoms. The maximum atomic E-state index is 5.78. The smallest absolute Gasteiger partial charge is 0.222 e. The standard InChI is InChI=1S/C16H10ClN3/c17-16-18-9-11(10-19-16)20-14-7-3-1-5-12(14)13-6-2-4-8-15(13)20/h1-10H. The van der Waals surface area contributed by atoms with E-state index in [0.717, 1.165) is 16.7 Å². The molecule has 0 saturated carbocycles. The first-order valence-electron chi connectivity index (χ1n) is 6.31. The van der Waals surface area contributed by atoms with E-state index in [2.05, 4.69) is 50.9 Å². The maximum Gasteiger partial charge on any atom is 0.222 e. The van der Waals surface area contributed by atoms with Gasteiger partial charge < -0.3 is 4.57 Å². The number of benzene rings is 2. The minimum atomic E-state index is 0.259. The Kier molecular flexibility index (Phi) is 2.47. The van der Waals surface area contributed by atoms with Gasteiger partial charge in [0.1, 0.15) is 0 Å². The molecule has 20 heavy (non-hydrogen) atoms. The van der Waals surface area contributed by atoms with E-state index in [1.165, 1.54) is 10.8 Å². The Labute approximate surface area is 120 Å². The molecule has 0 fully saturated rings. The van der Waals surface area contributed by atoms with E-state index >= 15 is 0 Å². The fraction of sp³-hybridized carbons (Fsp3) is 0. The number of halogens is 1. The van der Waals surface area contributed by atoms with Gasteiger partial charge in [-0.05, 0) is 23.7 Å². The van der Waals surface area contributed by atoms with Gasteiger partial charge in [0.25, 0.3) is 0 Å². The summed E-state index contributed by atoms with van der Waals surface area (Å²) in [5.74, 6) is 0. The Morgan fingerprint density at radius 1 is 0.750 bits per heavy atom. The topological polar surface area (TPSA) is 30.7 Å². The van der Waals surface area contributed by atoms with Crippen molar-refractivity contribution in [2.45, 2.75) is 0 Å². The quantitative estimate of drug-likeness (QED) is 0.488. The summed E-state index contributed by atoms with van der Waals surface area (Å²) in [6.07, 6.45) is 3.49.